The Morgan fingerprint density at radius 1 is 1.15 bits per heavy atom. The molecule has 1 N–H and O–H groups in total. The van der Waals surface area contributed by atoms with Crippen LogP contribution in [0.15, 0.2) is 32.5 Å². The molecule has 1 fully saturated rings. The van der Waals surface area contributed by atoms with Crippen LogP contribution in [0.5, 0.6) is 0 Å². The monoisotopic (exact) mass is 467 g/mol. The third kappa shape index (κ3) is 5.03. The van der Waals surface area contributed by atoms with Gasteiger partial charge in [0.1, 0.15) is 0 Å². The van der Waals surface area contributed by atoms with Crippen LogP contribution in [0.4, 0.5) is 0 Å². The van der Waals surface area contributed by atoms with Crippen LogP contribution in [-0.2, 0) is 24.7 Å². The number of carbonyl (C=O) groups is 1. The summed E-state index contributed by atoms with van der Waals surface area (Å²) in [6, 6.07) is 3.97. The zero-order valence-electron chi connectivity index (χ0n) is 14.6. The van der Waals surface area contributed by atoms with Crippen LogP contribution in [0, 0.1) is 0 Å². The average Bonchev–Trinajstić information content (AvgIpc) is 2.54. The molecule has 146 valence electrons. The number of rotatable bonds is 6. The summed E-state index contributed by atoms with van der Waals surface area (Å²) in [6.45, 7) is 3.95. The molecule has 0 radical (unpaired) electrons. The van der Waals surface area contributed by atoms with Crippen molar-refractivity contribution < 1.29 is 21.6 Å². The number of hydrogen-bond acceptors (Lipinski definition) is 6. The van der Waals surface area contributed by atoms with Crippen molar-refractivity contribution in [1.82, 2.24) is 14.5 Å². The minimum Gasteiger partial charge on any atom is -0.355 e. The van der Waals surface area contributed by atoms with Gasteiger partial charge in [-0.1, -0.05) is 0 Å². The molecule has 1 heterocycles. The fourth-order valence-corrected chi connectivity index (χ4v) is 5.73. The largest absolute Gasteiger partial charge is 0.355 e. The van der Waals surface area contributed by atoms with E-state index in [0.29, 0.717) is 24.1 Å². The molecule has 1 amide bonds. The van der Waals surface area contributed by atoms with Gasteiger partial charge in [-0.25, -0.2) is 16.8 Å². The number of halogens is 1. The number of hydrogen-bond donors (Lipinski definition) is 1. The van der Waals surface area contributed by atoms with Crippen molar-refractivity contribution in [1.29, 1.82) is 0 Å². The quantitative estimate of drug-likeness (QED) is 0.644. The summed E-state index contributed by atoms with van der Waals surface area (Å²) in [6.07, 6.45) is 1.03. The number of nitrogens with one attached hydrogen (secondary N) is 1. The van der Waals surface area contributed by atoms with E-state index in [4.69, 9.17) is 0 Å². The van der Waals surface area contributed by atoms with Crippen LogP contribution in [-0.4, -0.2) is 77.5 Å². The third-order valence-electron chi connectivity index (χ3n) is 4.02. The van der Waals surface area contributed by atoms with Crippen molar-refractivity contribution in [2.24, 2.45) is 0 Å². The van der Waals surface area contributed by atoms with Crippen molar-refractivity contribution in [2.45, 2.75) is 16.7 Å². The average molecular weight is 468 g/mol. The molecular formula is C15H22BrN3O5S2. The van der Waals surface area contributed by atoms with E-state index in [2.05, 4.69) is 21.2 Å². The second kappa shape index (κ2) is 8.34. The summed E-state index contributed by atoms with van der Waals surface area (Å²) in [5.74, 6) is -0.0904. The molecule has 0 spiro atoms. The van der Waals surface area contributed by atoms with Gasteiger partial charge in [0.2, 0.25) is 15.9 Å². The predicted molar refractivity (Wildman–Crippen MR) is 101 cm³/mol. The molecule has 1 saturated heterocycles. The fraction of sp³-hybridized carbons (Fsp3) is 0.533. The summed E-state index contributed by atoms with van der Waals surface area (Å²) in [5, 5.41) is 2.71. The lowest BCUT2D eigenvalue weighted by atomic mass is 10.3. The predicted octanol–water partition coefficient (Wildman–Crippen LogP) is 0.295. The molecule has 1 aromatic rings. The number of likely N-dealkylation sites (N-methyl/N-ethyl adjacent to an activating group) is 1. The molecule has 8 nitrogen and oxygen atoms in total. The van der Waals surface area contributed by atoms with E-state index in [1.54, 1.807) is 0 Å². The highest BCUT2D eigenvalue weighted by atomic mass is 79.9. The molecule has 0 bridgehead atoms. The van der Waals surface area contributed by atoms with Crippen molar-refractivity contribution >= 4 is 41.7 Å². The van der Waals surface area contributed by atoms with Gasteiger partial charge in [0.05, 0.1) is 16.3 Å². The second-order valence-electron chi connectivity index (χ2n) is 6.00. The Bertz CT molecular complexity index is 879. The van der Waals surface area contributed by atoms with Crippen LogP contribution < -0.4 is 5.32 Å². The lowest BCUT2D eigenvalue weighted by Gasteiger charge is -2.33. The number of piperazine rings is 1. The van der Waals surface area contributed by atoms with Gasteiger partial charge in [-0.05, 0) is 41.1 Å². The van der Waals surface area contributed by atoms with Crippen LogP contribution in [0.1, 0.15) is 6.92 Å². The van der Waals surface area contributed by atoms with Crippen LogP contribution in [0.25, 0.3) is 0 Å². The molecule has 1 aliphatic heterocycles. The van der Waals surface area contributed by atoms with Gasteiger partial charge < -0.3 is 5.32 Å². The Morgan fingerprint density at radius 3 is 2.31 bits per heavy atom. The van der Waals surface area contributed by atoms with Gasteiger partial charge in [-0.3, -0.25) is 9.69 Å². The minimum atomic E-state index is -3.84. The first-order chi connectivity index (χ1) is 12.1. The van der Waals surface area contributed by atoms with Gasteiger partial charge in [0.25, 0.3) is 0 Å². The molecule has 1 aliphatic rings. The number of sulfone groups is 1. The number of carbonyl (C=O) groups excluding carboxylic acids is 1. The van der Waals surface area contributed by atoms with Crippen molar-refractivity contribution in [2.75, 3.05) is 45.5 Å². The first kappa shape index (κ1) is 21.3. The normalized spacial score (nSPS) is 17.2. The Balaban J connectivity index is 2.16. The van der Waals surface area contributed by atoms with E-state index in [9.17, 15) is 21.6 Å². The van der Waals surface area contributed by atoms with Gasteiger partial charge in [-0.15, -0.1) is 0 Å². The molecule has 11 heteroatoms. The Morgan fingerprint density at radius 2 is 1.77 bits per heavy atom. The first-order valence-corrected chi connectivity index (χ1v) is 12.2. The molecule has 2 rings (SSSR count). The number of sulfonamides is 1. The molecule has 1 aromatic carbocycles. The highest BCUT2D eigenvalue weighted by Gasteiger charge is 2.31. The van der Waals surface area contributed by atoms with Crippen LogP contribution in [0.2, 0.25) is 0 Å². The standard InChI is InChI=1S/C15H22BrN3O5S2/c1-3-17-15(20)11-18-6-8-19(9-7-18)26(23,24)14-10-12(25(2,21)22)4-5-13(14)16/h4-5,10H,3,6-9,11H2,1-2H3,(H,17,20). The van der Waals surface area contributed by atoms with Gasteiger partial charge >= 0.3 is 0 Å². The van der Waals surface area contributed by atoms with Gasteiger partial charge in [0, 0.05) is 43.5 Å². The molecule has 26 heavy (non-hydrogen) atoms. The fourth-order valence-electron chi connectivity index (χ4n) is 2.64. The maximum absolute atomic E-state index is 12.9. The van der Waals surface area contributed by atoms with Crippen LogP contribution >= 0.6 is 15.9 Å². The summed E-state index contributed by atoms with van der Waals surface area (Å²) in [4.78, 5) is 13.4. The lowest BCUT2D eigenvalue weighted by Crippen LogP contribution is -2.51. The summed E-state index contributed by atoms with van der Waals surface area (Å²) in [5.41, 5.74) is 0. The van der Waals surface area contributed by atoms with E-state index in [1.165, 1.54) is 22.5 Å². The molecule has 0 atom stereocenters. The van der Waals surface area contributed by atoms with E-state index in [-0.39, 0.29) is 35.3 Å². The maximum atomic E-state index is 12.9. The van der Waals surface area contributed by atoms with Crippen molar-refractivity contribution in [3.05, 3.63) is 22.7 Å². The minimum absolute atomic E-state index is 0.0471. The molecule has 0 saturated carbocycles. The molecule has 0 unspecified atom stereocenters. The lowest BCUT2D eigenvalue weighted by molar-refractivity contribution is -0.122. The number of amides is 1. The Labute approximate surface area is 162 Å². The highest BCUT2D eigenvalue weighted by Crippen LogP contribution is 2.28. The SMILES string of the molecule is CCNC(=O)CN1CCN(S(=O)(=O)c2cc(S(C)(=O)=O)ccc2Br)CC1. The van der Waals surface area contributed by atoms with Gasteiger partial charge in [-0.2, -0.15) is 4.31 Å². The highest BCUT2D eigenvalue weighted by molar-refractivity contribution is 9.10. The number of benzene rings is 1. The third-order valence-corrected chi connectivity index (χ3v) is 8.02. The summed E-state index contributed by atoms with van der Waals surface area (Å²) in [7, 11) is -7.36. The Hall–Kier alpha value is -1.01. The second-order valence-corrected chi connectivity index (χ2v) is 10.8. The van der Waals surface area contributed by atoms with E-state index in [0.717, 1.165) is 6.26 Å². The van der Waals surface area contributed by atoms with Crippen molar-refractivity contribution in [3.63, 3.8) is 0 Å². The van der Waals surface area contributed by atoms with E-state index < -0.39 is 19.9 Å². The first-order valence-electron chi connectivity index (χ1n) is 8.04. The molecular weight excluding hydrogens is 446 g/mol. The zero-order chi connectivity index (χ0) is 19.5. The molecule has 0 aliphatic carbocycles. The van der Waals surface area contributed by atoms with Crippen molar-refractivity contribution in [3.8, 4) is 0 Å². The summed E-state index contributed by atoms with van der Waals surface area (Å²) < 4.78 is 50.9. The topological polar surface area (TPSA) is 104 Å². The maximum Gasteiger partial charge on any atom is 0.244 e. The molecule has 0 aromatic heterocycles. The smallest absolute Gasteiger partial charge is 0.244 e. The Kier molecular flexibility index (Phi) is 6.83. The van der Waals surface area contributed by atoms with E-state index >= 15 is 0 Å². The van der Waals surface area contributed by atoms with E-state index in [1.807, 2.05) is 11.8 Å². The van der Waals surface area contributed by atoms with Gasteiger partial charge in [0.15, 0.2) is 9.84 Å². The zero-order valence-corrected chi connectivity index (χ0v) is 17.8. The summed E-state index contributed by atoms with van der Waals surface area (Å²) >= 11 is 3.20. The number of nitrogens with zero attached hydrogens (tertiary/aromatic N) is 2. The van der Waals surface area contributed by atoms with Crippen LogP contribution in [0.3, 0.4) is 0 Å².